The predicted octanol–water partition coefficient (Wildman–Crippen LogP) is 2.40. The summed E-state index contributed by atoms with van der Waals surface area (Å²) in [4.78, 5) is 2.33. The summed E-state index contributed by atoms with van der Waals surface area (Å²) in [5.41, 5.74) is 1.31. The summed E-state index contributed by atoms with van der Waals surface area (Å²) in [7, 11) is 4.16. The van der Waals surface area contributed by atoms with Gasteiger partial charge in [-0.2, -0.15) is 0 Å². The van der Waals surface area contributed by atoms with E-state index in [1.807, 2.05) is 14.0 Å². The molecule has 0 aromatic rings. The summed E-state index contributed by atoms with van der Waals surface area (Å²) in [5, 5.41) is 3.22. The molecule has 0 heterocycles. The highest BCUT2D eigenvalue weighted by Gasteiger charge is 2.10. The Kier molecular flexibility index (Phi) is 7.21. The average Bonchev–Trinajstić information content (AvgIpc) is 2.21. The molecule has 1 atom stereocenters. The van der Waals surface area contributed by atoms with Crippen molar-refractivity contribution in [3.63, 3.8) is 0 Å². The standard InChI is InChI=1S/C12H24N2/c1-6-8-9-11(3)14(5)12(7-2)10-13-4/h6,8-9,12-13H,7,10H2,1-5H3/b8-6-,11-9+. The van der Waals surface area contributed by atoms with Gasteiger partial charge in [0.15, 0.2) is 0 Å². The van der Waals surface area contributed by atoms with Gasteiger partial charge in [0.05, 0.1) is 0 Å². The molecular weight excluding hydrogens is 172 g/mol. The highest BCUT2D eigenvalue weighted by Crippen LogP contribution is 2.08. The van der Waals surface area contributed by atoms with Crippen molar-refractivity contribution in [2.45, 2.75) is 33.2 Å². The van der Waals surface area contributed by atoms with Crippen LogP contribution < -0.4 is 5.32 Å². The third-order valence-electron chi connectivity index (χ3n) is 2.54. The third kappa shape index (κ3) is 4.47. The number of hydrogen-bond donors (Lipinski definition) is 1. The number of likely N-dealkylation sites (N-methyl/N-ethyl adjacent to an activating group) is 2. The molecule has 0 aliphatic carbocycles. The van der Waals surface area contributed by atoms with Crippen molar-refractivity contribution in [2.75, 3.05) is 20.6 Å². The van der Waals surface area contributed by atoms with Crippen molar-refractivity contribution in [2.24, 2.45) is 0 Å². The summed E-state index contributed by atoms with van der Waals surface area (Å²) in [6.45, 7) is 7.45. The number of nitrogens with one attached hydrogen (secondary N) is 1. The van der Waals surface area contributed by atoms with E-state index in [2.05, 4.69) is 49.3 Å². The first-order chi connectivity index (χ1) is 6.67. The van der Waals surface area contributed by atoms with E-state index in [1.165, 1.54) is 12.1 Å². The van der Waals surface area contributed by atoms with Gasteiger partial charge in [-0.15, -0.1) is 0 Å². The first kappa shape index (κ1) is 13.2. The fourth-order valence-corrected chi connectivity index (χ4v) is 1.43. The Balaban J connectivity index is 4.32. The Morgan fingerprint density at radius 3 is 2.57 bits per heavy atom. The largest absolute Gasteiger partial charge is 0.374 e. The third-order valence-corrected chi connectivity index (χ3v) is 2.54. The lowest BCUT2D eigenvalue weighted by molar-refractivity contribution is 0.290. The van der Waals surface area contributed by atoms with Crippen LogP contribution in [0.3, 0.4) is 0 Å². The summed E-state index contributed by atoms with van der Waals surface area (Å²) >= 11 is 0. The molecule has 0 rings (SSSR count). The maximum absolute atomic E-state index is 3.22. The molecule has 0 spiro atoms. The van der Waals surface area contributed by atoms with Crippen LogP contribution in [0.5, 0.6) is 0 Å². The second-order valence-electron chi connectivity index (χ2n) is 3.56. The van der Waals surface area contributed by atoms with Gasteiger partial charge in [-0.1, -0.05) is 19.1 Å². The molecule has 0 aromatic carbocycles. The van der Waals surface area contributed by atoms with Crippen LogP contribution in [0, 0.1) is 0 Å². The predicted molar refractivity (Wildman–Crippen MR) is 64.3 cm³/mol. The number of hydrogen-bond acceptors (Lipinski definition) is 2. The van der Waals surface area contributed by atoms with Gasteiger partial charge >= 0.3 is 0 Å². The first-order valence-corrected chi connectivity index (χ1v) is 5.34. The van der Waals surface area contributed by atoms with E-state index in [0.29, 0.717) is 6.04 Å². The van der Waals surface area contributed by atoms with Gasteiger partial charge in [0, 0.05) is 25.3 Å². The molecule has 0 aromatic heterocycles. The van der Waals surface area contributed by atoms with Crippen molar-refractivity contribution in [1.82, 2.24) is 10.2 Å². The van der Waals surface area contributed by atoms with E-state index < -0.39 is 0 Å². The van der Waals surface area contributed by atoms with Gasteiger partial charge in [-0.25, -0.2) is 0 Å². The molecule has 0 saturated heterocycles. The van der Waals surface area contributed by atoms with Gasteiger partial charge in [0.25, 0.3) is 0 Å². The maximum Gasteiger partial charge on any atom is 0.0405 e. The number of nitrogens with zero attached hydrogens (tertiary/aromatic N) is 1. The van der Waals surface area contributed by atoms with Gasteiger partial charge < -0.3 is 10.2 Å². The molecule has 0 aliphatic rings. The highest BCUT2D eigenvalue weighted by atomic mass is 15.2. The summed E-state index contributed by atoms with van der Waals surface area (Å²) < 4.78 is 0. The second-order valence-corrected chi connectivity index (χ2v) is 3.56. The van der Waals surface area contributed by atoms with Crippen molar-refractivity contribution in [3.05, 3.63) is 23.9 Å². The molecule has 14 heavy (non-hydrogen) atoms. The molecule has 1 unspecified atom stereocenters. The van der Waals surface area contributed by atoms with Crippen LogP contribution in [0.4, 0.5) is 0 Å². The smallest absolute Gasteiger partial charge is 0.0405 e. The Morgan fingerprint density at radius 1 is 1.50 bits per heavy atom. The molecule has 0 amide bonds. The minimum Gasteiger partial charge on any atom is -0.374 e. The van der Waals surface area contributed by atoms with Crippen LogP contribution in [0.2, 0.25) is 0 Å². The number of rotatable bonds is 6. The molecule has 0 saturated carbocycles. The minimum atomic E-state index is 0.585. The lowest BCUT2D eigenvalue weighted by Crippen LogP contribution is -2.37. The quantitative estimate of drug-likeness (QED) is 0.656. The Morgan fingerprint density at radius 2 is 2.14 bits per heavy atom. The zero-order valence-corrected chi connectivity index (χ0v) is 10.2. The lowest BCUT2D eigenvalue weighted by Gasteiger charge is -2.29. The van der Waals surface area contributed by atoms with Crippen LogP contribution in [0.1, 0.15) is 27.2 Å². The first-order valence-electron chi connectivity index (χ1n) is 5.34. The van der Waals surface area contributed by atoms with Crippen LogP contribution in [0.15, 0.2) is 23.9 Å². The monoisotopic (exact) mass is 196 g/mol. The summed E-state index contributed by atoms with van der Waals surface area (Å²) in [6, 6.07) is 0.585. The molecule has 0 bridgehead atoms. The van der Waals surface area contributed by atoms with E-state index in [-0.39, 0.29) is 0 Å². The zero-order chi connectivity index (χ0) is 11.0. The van der Waals surface area contributed by atoms with E-state index >= 15 is 0 Å². The zero-order valence-electron chi connectivity index (χ0n) is 10.2. The van der Waals surface area contributed by atoms with Crippen LogP contribution >= 0.6 is 0 Å². The molecular formula is C12H24N2. The maximum atomic E-state index is 3.22. The SMILES string of the molecule is C/C=C\C=C(/C)N(C)C(CC)CNC. The van der Waals surface area contributed by atoms with E-state index in [4.69, 9.17) is 0 Å². The second kappa shape index (κ2) is 7.63. The fourth-order valence-electron chi connectivity index (χ4n) is 1.43. The molecule has 0 aliphatic heterocycles. The van der Waals surface area contributed by atoms with E-state index in [9.17, 15) is 0 Å². The number of allylic oxidation sites excluding steroid dienone is 4. The molecule has 0 radical (unpaired) electrons. The molecule has 82 valence electrons. The van der Waals surface area contributed by atoms with Gasteiger partial charge in [-0.3, -0.25) is 0 Å². The van der Waals surface area contributed by atoms with Crippen molar-refractivity contribution in [1.29, 1.82) is 0 Å². The molecule has 2 heteroatoms. The Hall–Kier alpha value is -0.760. The molecule has 2 nitrogen and oxygen atoms in total. The topological polar surface area (TPSA) is 15.3 Å². The van der Waals surface area contributed by atoms with Crippen LogP contribution in [0.25, 0.3) is 0 Å². The van der Waals surface area contributed by atoms with Crippen molar-refractivity contribution < 1.29 is 0 Å². The van der Waals surface area contributed by atoms with Crippen LogP contribution in [-0.2, 0) is 0 Å². The van der Waals surface area contributed by atoms with Crippen molar-refractivity contribution >= 4 is 0 Å². The Labute approximate surface area is 88.7 Å². The average molecular weight is 196 g/mol. The highest BCUT2D eigenvalue weighted by molar-refractivity contribution is 5.09. The summed E-state index contributed by atoms with van der Waals surface area (Å²) in [5.74, 6) is 0. The van der Waals surface area contributed by atoms with Crippen molar-refractivity contribution in [3.8, 4) is 0 Å². The Bertz CT molecular complexity index is 194. The fraction of sp³-hybridized carbons (Fsp3) is 0.667. The normalized spacial score (nSPS) is 14.8. The molecule has 0 fully saturated rings. The molecule has 1 N–H and O–H groups in total. The van der Waals surface area contributed by atoms with Gasteiger partial charge in [0.2, 0.25) is 0 Å². The van der Waals surface area contributed by atoms with E-state index in [0.717, 1.165) is 6.54 Å². The minimum absolute atomic E-state index is 0.585. The van der Waals surface area contributed by atoms with Crippen LogP contribution in [-0.4, -0.2) is 31.6 Å². The van der Waals surface area contributed by atoms with E-state index in [1.54, 1.807) is 0 Å². The van der Waals surface area contributed by atoms with Gasteiger partial charge in [-0.05, 0) is 33.4 Å². The summed E-state index contributed by atoms with van der Waals surface area (Å²) in [6.07, 6.45) is 7.45. The lowest BCUT2D eigenvalue weighted by atomic mass is 10.2. The van der Waals surface area contributed by atoms with Gasteiger partial charge in [0.1, 0.15) is 0 Å².